The van der Waals surface area contributed by atoms with Gasteiger partial charge < -0.3 is 15.1 Å². The van der Waals surface area contributed by atoms with Crippen LogP contribution in [-0.4, -0.2) is 34.9 Å². The molecule has 4 rings (SSSR count). The molecule has 2 atom stereocenters. The van der Waals surface area contributed by atoms with Gasteiger partial charge in [-0.15, -0.1) is 11.3 Å². The Kier molecular flexibility index (Phi) is 4.61. The average Bonchev–Trinajstić information content (AvgIpc) is 3.40. The number of likely N-dealkylation sites (tertiary alicyclic amines) is 1. The van der Waals surface area contributed by atoms with Gasteiger partial charge in [0, 0.05) is 18.2 Å². The summed E-state index contributed by atoms with van der Waals surface area (Å²) < 4.78 is 5.49. The molecule has 26 heavy (non-hydrogen) atoms. The van der Waals surface area contributed by atoms with E-state index in [0.717, 1.165) is 22.7 Å². The molecule has 0 aliphatic carbocycles. The van der Waals surface area contributed by atoms with Gasteiger partial charge in [0.1, 0.15) is 4.88 Å². The number of amides is 1. The number of furan rings is 1. The van der Waals surface area contributed by atoms with Gasteiger partial charge in [-0.3, -0.25) is 4.79 Å². The monoisotopic (exact) mass is 367 g/mol. The van der Waals surface area contributed by atoms with Gasteiger partial charge in [0.15, 0.2) is 10.8 Å². The molecule has 1 aromatic carbocycles. The fourth-order valence-corrected chi connectivity index (χ4v) is 4.50. The van der Waals surface area contributed by atoms with Crippen LogP contribution in [0.4, 0.5) is 0 Å². The zero-order chi connectivity index (χ0) is 18.1. The van der Waals surface area contributed by atoms with Crippen LogP contribution in [0.25, 0.3) is 22.0 Å². The molecule has 134 valence electrons. The summed E-state index contributed by atoms with van der Waals surface area (Å²) in [5.74, 6) is 1.08. The zero-order valence-corrected chi connectivity index (χ0v) is 15.4. The first-order valence-electron chi connectivity index (χ1n) is 8.78. The topological polar surface area (TPSA) is 72.4 Å². The zero-order valence-electron chi connectivity index (χ0n) is 14.6. The average molecular weight is 367 g/mol. The van der Waals surface area contributed by atoms with Gasteiger partial charge in [0.2, 0.25) is 0 Å². The van der Waals surface area contributed by atoms with Crippen LogP contribution < -0.4 is 5.73 Å². The Labute approximate surface area is 156 Å². The Morgan fingerprint density at radius 2 is 2.12 bits per heavy atom. The smallest absolute Gasteiger partial charge is 0.266 e. The van der Waals surface area contributed by atoms with Crippen LogP contribution in [0.3, 0.4) is 0 Å². The first-order chi connectivity index (χ1) is 12.7. The summed E-state index contributed by atoms with van der Waals surface area (Å²) in [4.78, 5) is 20.6. The van der Waals surface area contributed by atoms with E-state index in [0.29, 0.717) is 29.6 Å². The number of carbonyl (C=O) groups is 1. The van der Waals surface area contributed by atoms with Crippen molar-refractivity contribution in [3.05, 3.63) is 53.6 Å². The third-order valence-corrected chi connectivity index (χ3v) is 5.91. The van der Waals surface area contributed by atoms with E-state index in [-0.39, 0.29) is 11.9 Å². The Morgan fingerprint density at radius 3 is 2.77 bits per heavy atom. The second kappa shape index (κ2) is 7.05. The van der Waals surface area contributed by atoms with Crippen LogP contribution in [-0.2, 0) is 0 Å². The van der Waals surface area contributed by atoms with E-state index in [1.807, 2.05) is 47.4 Å². The molecule has 1 amide bonds. The fourth-order valence-electron chi connectivity index (χ4n) is 3.49. The summed E-state index contributed by atoms with van der Waals surface area (Å²) in [5.41, 5.74) is 7.48. The van der Waals surface area contributed by atoms with Crippen LogP contribution in [0.15, 0.2) is 53.1 Å². The van der Waals surface area contributed by atoms with Crippen LogP contribution in [0, 0.1) is 5.92 Å². The number of hydrogen-bond acceptors (Lipinski definition) is 5. The number of thiazole rings is 1. The Balaban J connectivity index is 1.76. The standard InChI is InChI=1S/C20H21N3O2S/c1-13-10-14(11-21)12-23(13)20(24)18-17(15-6-3-2-4-7-15)22-19(26-18)16-8-5-9-25-16/h2-9,13-14H,10-12,21H2,1H3. The molecule has 0 saturated carbocycles. The summed E-state index contributed by atoms with van der Waals surface area (Å²) in [6.45, 7) is 3.41. The SMILES string of the molecule is CC1CC(CN)CN1C(=O)c1sc(-c2ccco2)nc1-c1ccccc1. The minimum atomic E-state index is 0.0302. The maximum atomic E-state index is 13.3. The number of hydrogen-bond donors (Lipinski definition) is 1. The molecule has 3 aromatic rings. The molecular weight excluding hydrogens is 346 g/mol. The number of rotatable bonds is 4. The molecule has 5 nitrogen and oxygen atoms in total. The lowest BCUT2D eigenvalue weighted by Gasteiger charge is -2.21. The molecule has 2 N–H and O–H groups in total. The van der Waals surface area contributed by atoms with E-state index >= 15 is 0 Å². The van der Waals surface area contributed by atoms with Crippen LogP contribution >= 0.6 is 11.3 Å². The van der Waals surface area contributed by atoms with E-state index in [1.165, 1.54) is 11.3 Å². The lowest BCUT2D eigenvalue weighted by Crippen LogP contribution is -2.34. The highest BCUT2D eigenvalue weighted by atomic mass is 32.1. The van der Waals surface area contributed by atoms with E-state index in [2.05, 4.69) is 6.92 Å². The third-order valence-electron chi connectivity index (χ3n) is 4.86. The van der Waals surface area contributed by atoms with Crippen molar-refractivity contribution in [1.29, 1.82) is 0 Å². The Hall–Kier alpha value is -2.44. The summed E-state index contributed by atoms with van der Waals surface area (Å²) in [6, 6.07) is 13.7. The third kappa shape index (κ3) is 3.06. The number of nitrogens with two attached hydrogens (primary N) is 1. The van der Waals surface area contributed by atoms with E-state index < -0.39 is 0 Å². The summed E-state index contributed by atoms with van der Waals surface area (Å²) in [7, 11) is 0. The van der Waals surface area contributed by atoms with Gasteiger partial charge in [-0.2, -0.15) is 0 Å². The number of nitrogens with zero attached hydrogens (tertiary/aromatic N) is 2. The van der Waals surface area contributed by atoms with Crippen LogP contribution in [0.1, 0.15) is 23.0 Å². The number of benzene rings is 1. The molecule has 0 radical (unpaired) electrons. The molecule has 3 heterocycles. The molecular formula is C20H21N3O2S. The van der Waals surface area contributed by atoms with Crippen molar-refractivity contribution >= 4 is 17.2 Å². The number of carbonyl (C=O) groups excluding carboxylic acids is 1. The van der Waals surface area contributed by atoms with Crippen LogP contribution in [0.5, 0.6) is 0 Å². The second-order valence-corrected chi connectivity index (χ2v) is 7.68. The molecule has 1 saturated heterocycles. The number of aromatic nitrogens is 1. The van der Waals surface area contributed by atoms with Crippen molar-refractivity contribution in [2.45, 2.75) is 19.4 Å². The first kappa shape index (κ1) is 17.0. The normalized spacial score (nSPS) is 19.8. The molecule has 6 heteroatoms. The first-order valence-corrected chi connectivity index (χ1v) is 9.60. The molecule has 0 bridgehead atoms. The molecule has 1 aliphatic rings. The van der Waals surface area contributed by atoms with Crippen LogP contribution in [0.2, 0.25) is 0 Å². The van der Waals surface area contributed by atoms with Crippen molar-refractivity contribution in [3.63, 3.8) is 0 Å². The Morgan fingerprint density at radius 1 is 1.31 bits per heavy atom. The van der Waals surface area contributed by atoms with Gasteiger partial charge >= 0.3 is 0 Å². The van der Waals surface area contributed by atoms with E-state index in [4.69, 9.17) is 15.1 Å². The minimum absolute atomic E-state index is 0.0302. The summed E-state index contributed by atoms with van der Waals surface area (Å²) >= 11 is 1.39. The van der Waals surface area contributed by atoms with Gasteiger partial charge in [-0.25, -0.2) is 4.98 Å². The maximum Gasteiger partial charge on any atom is 0.266 e. The fraction of sp³-hybridized carbons (Fsp3) is 0.300. The minimum Gasteiger partial charge on any atom is -0.462 e. The van der Waals surface area contributed by atoms with Crippen molar-refractivity contribution in [2.75, 3.05) is 13.1 Å². The lowest BCUT2D eigenvalue weighted by atomic mass is 10.1. The highest BCUT2D eigenvalue weighted by molar-refractivity contribution is 7.17. The van der Waals surface area contributed by atoms with Crippen molar-refractivity contribution < 1.29 is 9.21 Å². The van der Waals surface area contributed by atoms with E-state index in [9.17, 15) is 4.79 Å². The van der Waals surface area contributed by atoms with Gasteiger partial charge in [-0.1, -0.05) is 30.3 Å². The highest BCUT2D eigenvalue weighted by Gasteiger charge is 2.34. The van der Waals surface area contributed by atoms with Crippen molar-refractivity contribution in [3.8, 4) is 22.0 Å². The molecule has 0 spiro atoms. The molecule has 2 unspecified atom stereocenters. The molecule has 1 aliphatic heterocycles. The largest absolute Gasteiger partial charge is 0.462 e. The maximum absolute atomic E-state index is 13.3. The lowest BCUT2D eigenvalue weighted by molar-refractivity contribution is 0.0749. The molecule has 2 aromatic heterocycles. The summed E-state index contributed by atoms with van der Waals surface area (Å²) in [6.07, 6.45) is 2.57. The summed E-state index contributed by atoms with van der Waals surface area (Å²) in [5, 5.41) is 0.722. The second-order valence-electron chi connectivity index (χ2n) is 6.68. The molecule has 1 fully saturated rings. The quantitative estimate of drug-likeness (QED) is 0.759. The van der Waals surface area contributed by atoms with Gasteiger partial charge in [0.25, 0.3) is 5.91 Å². The Bertz CT molecular complexity index is 889. The van der Waals surface area contributed by atoms with Gasteiger partial charge in [-0.05, 0) is 37.9 Å². The van der Waals surface area contributed by atoms with Crippen molar-refractivity contribution in [1.82, 2.24) is 9.88 Å². The van der Waals surface area contributed by atoms with Crippen molar-refractivity contribution in [2.24, 2.45) is 11.7 Å². The van der Waals surface area contributed by atoms with E-state index in [1.54, 1.807) is 6.26 Å². The van der Waals surface area contributed by atoms with Gasteiger partial charge in [0.05, 0.1) is 12.0 Å². The predicted octanol–water partition coefficient (Wildman–Crippen LogP) is 3.88. The predicted molar refractivity (Wildman–Crippen MR) is 103 cm³/mol. The highest BCUT2D eigenvalue weighted by Crippen LogP contribution is 2.36.